The summed E-state index contributed by atoms with van der Waals surface area (Å²) in [6.45, 7) is 5.90. The van der Waals surface area contributed by atoms with E-state index in [0.29, 0.717) is 0 Å². The van der Waals surface area contributed by atoms with Crippen LogP contribution < -0.4 is 11.1 Å². The highest BCUT2D eigenvalue weighted by Crippen LogP contribution is 2.52. The number of carbonyl (C=O) groups is 2. The second-order valence-corrected chi connectivity index (χ2v) is 5.82. The summed E-state index contributed by atoms with van der Waals surface area (Å²) in [7, 11) is 0. The summed E-state index contributed by atoms with van der Waals surface area (Å²) >= 11 is 0. The van der Waals surface area contributed by atoms with E-state index in [-0.39, 0.29) is 29.8 Å². The number of amides is 2. The van der Waals surface area contributed by atoms with Crippen LogP contribution in [0.15, 0.2) is 0 Å². The molecule has 2 amide bonds. The van der Waals surface area contributed by atoms with Crippen LogP contribution in [0.1, 0.15) is 26.7 Å². The highest BCUT2D eigenvalue weighted by Gasteiger charge is 2.52. The van der Waals surface area contributed by atoms with E-state index in [1.165, 1.54) is 0 Å². The van der Waals surface area contributed by atoms with Gasteiger partial charge in [0.15, 0.2) is 0 Å². The smallest absolute Gasteiger partial charge is 0.237 e. The van der Waals surface area contributed by atoms with Crippen LogP contribution in [0, 0.1) is 11.3 Å². The molecule has 0 spiro atoms. The SMILES string of the molecule is CC1(C)CC1C(=O)N(CC(N)=O)C1CCNC1. The van der Waals surface area contributed by atoms with E-state index in [9.17, 15) is 9.59 Å². The monoisotopic (exact) mass is 239 g/mol. The first-order valence-corrected chi connectivity index (χ1v) is 6.21. The molecule has 2 fully saturated rings. The Balaban J connectivity index is 2.04. The molecule has 17 heavy (non-hydrogen) atoms. The third kappa shape index (κ3) is 2.60. The number of hydrogen-bond donors (Lipinski definition) is 2. The molecule has 1 aliphatic heterocycles. The predicted octanol–water partition coefficient (Wildman–Crippen LogP) is -0.292. The lowest BCUT2D eigenvalue weighted by Gasteiger charge is -2.28. The maximum atomic E-state index is 12.3. The van der Waals surface area contributed by atoms with Gasteiger partial charge in [0.25, 0.3) is 0 Å². The molecule has 5 nitrogen and oxygen atoms in total. The van der Waals surface area contributed by atoms with Crippen molar-refractivity contribution in [2.75, 3.05) is 19.6 Å². The van der Waals surface area contributed by atoms with Gasteiger partial charge < -0.3 is 16.0 Å². The van der Waals surface area contributed by atoms with Crippen LogP contribution in [0.2, 0.25) is 0 Å². The van der Waals surface area contributed by atoms with E-state index in [2.05, 4.69) is 19.2 Å². The van der Waals surface area contributed by atoms with Crippen molar-refractivity contribution in [2.24, 2.45) is 17.1 Å². The minimum absolute atomic E-state index is 0.0533. The Kier molecular flexibility index (Phi) is 3.12. The fourth-order valence-electron chi connectivity index (χ4n) is 2.55. The van der Waals surface area contributed by atoms with Gasteiger partial charge in [0.05, 0.1) is 6.54 Å². The molecule has 0 aromatic carbocycles. The summed E-state index contributed by atoms with van der Waals surface area (Å²) < 4.78 is 0. The Morgan fingerprint density at radius 2 is 2.12 bits per heavy atom. The van der Waals surface area contributed by atoms with E-state index in [1.807, 2.05) is 0 Å². The maximum Gasteiger partial charge on any atom is 0.237 e. The van der Waals surface area contributed by atoms with Crippen molar-refractivity contribution in [3.8, 4) is 0 Å². The lowest BCUT2D eigenvalue weighted by molar-refractivity contribution is -0.139. The minimum atomic E-state index is -0.427. The van der Waals surface area contributed by atoms with Gasteiger partial charge in [0, 0.05) is 18.5 Å². The normalized spacial score (nSPS) is 30.0. The molecule has 0 aromatic rings. The molecule has 3 N–H and O–H groups in total. The Morgan fingerprint density at radius 1 is 1.47 bits per heavy atom. The third-order valence-corrected chi connectivity index (χ3v) is 3.90. The second kappa shape index (κ2) is 4.29. The van der Waals surface area contributed by atoms with Gasteiger partial charge in [-0.1, -0.05) is 13.8 Å². The number of primary amides is 1. The second-order valence-electron chi connectivity index (χ2n) is 5.82. The average molecular weight is 239 g/mol. The third-order valence-electron chi connectivity index (χ3n) is 3.90. The summed E-state index contributed by atoms with van der Waals surface area (Å²) in [5, 5.41) is 3.21. The summed E-state index contributed by atoms with van der Waals surface area (Å²) in [4.78, 5) is 25.1. The van der Waals surface area contributed by atoms with Gasteiger partial charge in [0.1, 0.15) is 0 Å². The molecule has 0 bridgehead atoms. The standard InChI is InChI=1S/C12H21N3O2/c1-12(2)5-9(12)11(17)15(7-10(13)16)8-3-4-14-6-8/h8-9,14H,3-7H2,1-2H3,(H2,13,16). The molecule has 0 radical (unpaired) electrons. The number of nitrogens with two attached hydrogens (primary N) is 1. The summed E-state index contributed by atoms with van der Waals surface area (Å²) in [6, 6.07) is 0.131. The van der Waals surface area contributed by atoms with Crippen molar-refractivity contribution in [2.45, 2.75) is 32.7 Å². The number of rotatable bonds is 4. The van der Waals surface area contributed by atoms with E-state index >= 15 is 0 Å². The van der Waals surface area contributed by atoms with Gasteiger partial charge in [-0.05, 0) is 24.8 Å². The van der Waals surface area contributed by atoms with E-state index in [0.717, 1.165) is 25.9 Å². The van der Waals surface area contributed by atoms with Crippen LogP contribution in [0.3, 0.4) is 0 Å². The maximum absolute atomic E-state index is 12.3. The molecule has 96 valence electrons. The zero-order chi connectivity index (χ0) is 12.6. The zero-order valence-corrected chi connectivity index (χ0v) is 10.5. The molecule has 2 rings (SSSR count). The summed E-state index contributed by atoms with van der Waals surface area (Å²) in [6.07, 6.45) is 1.83. The highest BCUT2D eigenvalue weighted by molar-refractivity contribution is 5.87. The van der Waals surface area contributed by atoms with Crippen molar-refractivity contribution in [1.82, 2.24) is 10.2 Å². The molecular weight excluding hydrogens is 218 g/mol. The van der Waals surface area contributed by atoms with Crippen LogP contribution in [-0.4, -0.2) is 42.4 Å². The first-order valence-electron chi connectivity index (χ1n) is 6.21. The van der Waals surface area contributed by atoms with Gasteiger partial charge in [-0.3, -0.25) is 9.59 Å². The molecule has 1 saturated carbocycles. The topological polar surface area (TPSA) is 75.4 Å². The number of hydrogen-bond acceptors (Lipinski definition) is 3. The Bertz CT molecular complexity index is 335. The Hall–Kier alpha value is -1.10. The largest absolute Gasteiger partial charge is 0.368 e. The van der Waals surface area contributed by atoms with Crippen LogP contribution in [0.5, 0.6) is 0 Å². The van der Waals surface area contributed by atoms with Crippen molar-refractivity contribution in [3.05, 3.63) is 0 Å². The number of nitrogens with one attached hydrogen (secondary N) is 1. The molecule has 0 aromatic heterocycles. The quantitative estimate of drug-likeness (QED) is 0.708. The Labute approximate surface area is 102 Å². The lowest BCUT2D eigenvalue weighted by Crippen LogP contribution is -2.47. The van der Waals surface area contributed by atoms with Crippen LogP contribution in [0.4, 0.5) is 0 Å². The van der Waals surface area contributed by atoms with Crippen LogP contribution >= 0.6 is 0 Å². The highest BCUT2D eigenvalue weighted by atomic mass is 16.2. The fraction of sp³-hybridized carbons (Fsp3) is 0.833. The van der Waals surface area contributed by atoms with Gasteiger partial charge >= 0.3 is 0 Å². The van der Waals surface area contributed by atoms with Crippen molar-refractivity contribution in [1.29, 1.82) is 0 Å². The van der Waals surface area contributed by atoms with Gasteiger partial charge in [0.2, 0.25) is 11.8 Å². The molecule has 2 aliphatic rings. The zero-order valence-electron chi connectivity index (χ0n) is 10.5. The first kappa shape index (κ1) is 12.4. The molecule has 1 heterocycles. The van der Waals surface area contributed by atoms with Gasteiger partial charge in [-0.25, -0.2) is 0 Å². The summed E-state index contributed by atoms with van der Waals surface area (Å²) in [5.41, 5.74) is 5.33. The van der Waals surface area contributed by atoms with Crippen molar-refractivity contribution in [3.63, 3.8) is 0 Å². The first-order chi connectivity index (χ1) is 7.92. The minimum Gasteiger partial charge on any atom is -0.368 e. The number of nitrogens with zero attached hydrogens (tertiary/aromatic N) is 1. The van der Waals surface area contributed by atoms with E-state index in [1.54, 1.807) is 4.90 Å². The molecule has 5 heteroatoms. The van der Waals surface area contributed by atoms with Crippen LogP contribution in [-0.2, 0) is 9.59 Å². The average Bonchev–Trinajstić information content (AvgIpc) is 2.68. The lowest BCUT2D eigenvalue weighted by atomic mass is 10.1. The van der Waals surface area contributed by atoms with Gasteiger partial charge in [-0.15, -0.1) is 0 Å². The Morgan fingerprint density at radius 3 is 2.53 bits per heavy atom. The van der Waals surface area contributed by atoms with E-state index in [4.69, 9.17) is 5.73 Å². The summed E-state index contributed by atoms with van der Waals surface area (Å²) in [5.74, 6) is -0.256. The van der Waals surface area contributed by atoms with Crippen LogP contribution in [0.25, 0.3) is 0 Å². The van der Waals surface area contributed by atoms with Gasteiger partial charge in [-0.2, -0.15) is 0 Å². The fourth-order valence-corrected chi connectivity index (χ4v) is 2.55. The molecule has 2 atom stereocenters. The van der Waals surface area contributed by atoms with Crippen molar-refractivity contribution < 1.29 is 9.59 Å². The number of carbonyl (C=O) groups excluding carboxylic acids is 2. The van der Waals surface area contributed by atoms with E-state index < -0.39 is 5.91 Å². The molecule has 2 unspecified atom stereocenters. The molecular formula is C12H21N3O2. The predicted molar refractivity (Wildman–Crippen MR) is 64.1 cm³/mol. The molecule has 1 saturated heterocycles. The molecule has 1 aliphatic carbocycles. The van der Waals surface area contributed by atoms with Crippen molar-refractivity contribution >= 4 is 11.8 Å².